The van der Waals surface area contributed by atoms with E-state index >= 15 is 0 Å². The molecule has 0 radical (unpaired) electrons. The third-order valence-electron chi connectivity index (χ3n) is 2.45. The van der Waals surface area contributed by atoms with Gasteiger partial charge in [-0.2, -0.15) is 0 Å². The van der Waals surface area contributed by atoms with Gasteiger partial charge in [0.15, 0.2) is 5.13 Å². The van der Waals surface area contributed by atoms with E-state index in [0.717, 1.165) is 0 Å². The van der Waals surface area contributed by atoms with Gasteiger partial charge >= 0.3 is 0 Å². The van der Waals surface area contributed by atoms with Gasteiger partial charge in [-0.1, -0.05) is 0 Å². The van der Waals surface area contributed by atoms with Gasteiger partial charge in [0.05, 0.1) is 12.2 Å². The Morgan fingerprint density at radius 1 is 1.56 bits per heavy atom. The highest BCUT2D eigenvalue weighted by molar-refractivity contribution is 7.13. The average molecular weight is 241 g/mol. The first kappa shape index (κ1) is 11.3. The first-order chi connectivity index (χ1) is 7.56. The lowest BCUT2D eigenvalue weighted by molar-refractivity contribution is -0.0587. The number of nitrogens with two attached hydrogens (primary N) is 1. The number of morpholine rings is 1. The number of carbonyl (C=O) groups excluding carboxylic acids is 1. The van der Waals surface area contributed by atoms with Crippen LogP contribution in [0.3, 0.4) is 0 Å². The molecular formula is C10H15N3O2S. The molecule has 1 aromatic rings. The fraction of sp³-hybridized carbons (Fsp3) is 0.600. The topological polar surface area (TPSA) is 68.5 Å². The van der Waals surface area contributed by atoms with Crippen molar-refractivity contribution in [2.24, 2.45) is 0 Å². The van der Waals surface area contributed by atoms with Crippen molar-refractivity contribution < 1.29 is 9.53 Å². The molecule has 1 aromatic heterocycles. The van der Waals surface area contributed by atoms with E-state index in [0.29, 0.717) is 23.9 Å². The third-order valence-corrected chi connectivity index (χ3v) is 3.12. The number of thiazole rings is 1. The lowest BCUT2D eigenvalue weighted by atomic mass is 10.2. The maximum atomic E-state index is 12.1. The average Bonchev–Trinajstić information content (AvgIpc) is 2.62. The summed E-state index contributed by atoms with van der Waals surface area (Å²) in [6.07, 6.45) is 0.146. The second-order valence-corrected chi connectivity index (χ2v) is 4.93. The lowest BCUT2D eigenvalue weighted by Crippen LogP contribution is -2.48. The molecule has 5 nitrogen and oxygen atoms in total. The molecule has 0 unspecified atom stereocenters. The molecule has 88 valence electrons. The van der Waals surface area contributed by atoms with Crippen LogP contribution in [0.4, 0.5) is 5.13 Å². The van der Waals surface area contributed by atoms with Crippen molar-refractivity contribution in [1.29, 1.82) is 0 Å². The van der Waals surface area contributed by atoms with Crippen LogP contribution in [-0.2, 0) is 4.74 Å². The number of ether oxygens (including phenoxy) is 1. The van der Waals surface area contributed by atoms with Crippen molar-refractivity contribution in [1.82, 2.24) is 9.88 Å². The van der Waals surface area contributed by atoms with Crippen LogP contribution in [0.2, 0.25) is 0 Å². The number of nitrogens with zero attached hydrogens (tertiary/aromatic N) is 2. The Kier molecular flexibility index (Phi) is 3.11. The van der Waals surface area contributed by atoms with Crippen LogP contribution in [0.15, 0.2) is 5.38 Å². The molecular weight excluding hydrogens is 226 g/mol. The molecule has 0 spiro atoms. The largest absolute Gasteiger partial charge is 0.375 e. The van der Waals surface area contributed by atoms with Crippen molar-refractivity contribution in [3.63, 3.8) is 0 Å². The first-order valence-corrected chi connectivity index (χ1v) is 6.10. The standard InChI is InChI=1S/C10H15N3O2S/c1-6-3-13(4-7(2)15-6)9(14)8-5-16-10(11)12-8/h5-7H,3-4H2,1-2H3,(H2,11,12)/t6-,7+. The fourth-order valence-corrected chi connectivity index (χ4v) is 2.43. The van der Waals surface area contributed by atoms with Gasteiger partial charge in [0.25, 0.3) is 5.91 Å². The van der Waals surface area contributed by atoms with E-state index in [2.05, 4.69) is 4.98 Å². The molecule has 2 N–H and O–H groups in total. The van der Waals surface area contributed by atoms with Crippen LogP contribution in [-0.4, -0.2) is 41.1 Å². The SMILES string of the molecule is C[C@@H]1CN(C(=O)c2csc(N)n2)C[C@H](C)O1. The molecule has 6 heteroatoms. The van der Waals surface area contributed by atoms with Gasteiger partial charge in [-0.25, -0.2) is 4.98 Å². The van der Waals surface area contributed by atoms with Crippen LogP contribution >= 0.6 is 11.3 Å². The Hall–Kier alpha value is -1.14. The third kappa shape index (κ3) is 2.33. The van der Waals surface area contributed by atoms with Gasteiger partial charge in [-0.3, -0.25) is 4.79 Å². The molecule has 0 saturated carbocycles. The zero-order chi connectivity index (χ0) is 11.7. The second-order valence-electron chi connectivity index (χ2n) is 4.04. The molecule has 2 atom stereocenters. The van der Waals surface area contributed by atoms with Crippen molar-refractivity contribution in [3.05, 3.63) is 11.1 Å². The molecule has 1 amide bonds. The molecule has 0 aliphatic carbocycles. The van der Waals surface area contributed by atoms with E-state index in [1.54, 1.807) is 10.3 Å². The summed E-state index contributed by atoms with van der Waals surface area (Å²) in [5.41, 5.74) is 5.95. The quantitative estimate of drug-likeness (QED) is 0.795. The van der Waals surface area contributed by atoms with Crippen molar-refractivity contribution in [3.8, 4) is 0 Å². The Morgan fingerprint density at radius 3 is 2.69 bits per heavy atom. The molecule has 16 heavy (non-hydrogen) atoms. The molecule has 0 bridgehead atoms. The number of carbonyl (C=O) groups is 1. The van der Waals surface area contributed by atoms with Gasteiger partial charge < -0.3 is 15.4 Å². The number of anilines is 1. The predicted molar refractivity (Wildman–Crippen MR) is 62.4 cm³/mol. The molecule has 0 aromatic carbocycles. The van der Waals surface area contributed by atoms with E-state index in [-0.39, 0.29) is 18.1 Å². The normalized spacial score (nSPS) is 25.8. The fourth-order valence-electron chi connectivity index (χ4n) is 1.89. The zero-order valence-corrected chi connectivity index (χ0v) is 10.2. The number of nitrogen functional groups attached to an aromatic ring is 1. The Morgan fingerprint density at radius 2 is 2.19 bits per heavy atom. The van der Waals surface area contributed by atoms with E-state index in [4.69, 9.17) is 10.5 Å². The van der Waals surface area contributed by atoms with E-state index in [1.165, 1.54) is 11.3 Å². The summed E-state index contributed by atoms with van der Waals surface area (Å²) in [5.74, 6) is -0.0602. The number of hydrogen-bond acceptors (Lipinski definition) is 5. The number of aromatic nitrogens is 1. The van der Waals surface area contributed by atoms with Crippen molar-refractivity contribution in [2.75, 3.05) is 18.8 Å². The number of amides is 1. The lowest BCUT2D eigenvalue weighted by Gasteiger charge is -2.34. The summed E-state index contributed by atoms with van der Waals surface area (Å²) in [7, 11) is 0. The van der Waals surface area contributed by atoms with Gasteiger partial charge in [-0.05, 0) is 13.8 Å². The molecule has 1 aliphatic rings. The zero-order valence-electron chi connectivity index (χ0n) is 9.34. The number of rotatable bonds is 1. The number of hydrogen-bond donors (Lipinski definition) is 1. The minimum Gasteiger partial charge on any atom is -0.375 e. The van der Waals surface area contributed by atoms with Crippen molar-refractivity contribution in [2.45, 2.75) is 26.1 Å². The summed E-state index contributed by atoms with van der Waals surface area (Å²) in [4.78, 5) is 17.8. The van der Waals surface area contributed by atoms with E-state index in [1.807, 2.05) is 13.8 Å². The molecule has 1 aliphatic heterocycles. The highest BCUT2D eigenvalue weighted by Crippen LogP contribution is 2.17. The van der Waals surface area contributed by atoms with E-state index in [9.17, 15) is 4.79 Å². The Labute approximate surface area is 98.2 Å². The molecule has 1 fully saturated rings. The van der Waals surface area contributed by atoms with E-state index < -0.39 is 0 Å². The maximum Gasteiger partial charge on any atom is 0.273 e. The summed E-state index contributed by atoms with van der Waals surface area (Å²) < 4.78 is 5.57. The smallest absolute Gasteiger partial charge is 0.273 e. The van der Waals surface area contributed by atoms with Crippen LogP contribution in [0, 0.1) is 0 Å². The summed E-state index contributed by atoms with van der Waals surface area (Å²) in [5, 5.41) is 2.13. The monoisotopic (exact) mass is 241 g/mol. The summed E-state index contributed by atoms with van der Waals surface area (Å²) >= 11 is 1.29. The maximum absolute atomic E-state index is 12.1. The molecule has 1 saturated heterocycles. The molecule has 2 rings (SSSR count). The van der Waals surface area contributed by atoms with Crippen LogP contribution in [0.5, 0.6) is 0 Å². The minimum atomic E-state index is -0.0602. The Bertz CT molecular complexity index is 383. The van der Waals surface area contributed by atoms with Crippen molar-refractivity contribution >= 4 is 22.4 Å². The van der Waals surface area contributed by atoms with Crippen LogP contribution < -0.4 is 5.73 Å². The van der Waals surface area contributed by atoms with Gasteiger partial charge in [-0.15, -0.1) is 11.3 Å². The predicted octanol–water partition coefficient (Wildman–Crippen LogP) is 0.975. The Balaban J connectivity index is 2.09. The second kappa shape index (κ2) is 4.39. The van der Waals surface area contributed by atoms with Crippen LogP contribution in [0.25, 0.3) is 0 Å². The van der Waals surface area contributed by atoms with Gasteiger partial charge in [0, 0.05) is 18.5 Å². The highest BCUT2D eigenvalue weighted by atomic mass is 32.1. The van der Waals surface area contributed by atoms with Crippen LogP contribution in [0.1, 0.15) is 24.3 Å². The minimum absolute atomic E-state index is 0.0602. The van der Waals surface area contributed by atoms with Gasteiger partial charge in [0.2, 0.25) is 0 Å². The summed E-state index contributed by atoms with van der Waals surface area (Å²) in [6.45, 7) is 5.15. The highest BCUT2D eigenvalue weighted by Gasteiger charge is 2.27. The first-order valence-electron chi connectivity index (χ1n) is 5.22. The van der Waals surface area contributed by atoms with Gasteiger partial charge in [0.1, 0.15) is 5.69 Å². The summed E-state index contributed by atoms with van der Waals surface area (Å²) in [6, 6.07) is 0. The molecule has 2 heterocycles.